The Hall–Kier alpha value is -2.70. The van der Waals surface area contributed by atoms with Gasteiger partial charge in [0.25, 0.3) is 5.91 Å². The van der Waals surface area contributed by atoms with Crippen molar-refractivity contribution in [3.63, 3.8) is 0 Å². The van der Waals surface area contributed by atoms with Crippen LogP contribution >= 0.6 is 0 Å². The second kappa shape index (κ2) is 7.73. The quantitative estimate of drug-likeness (QED) is 0.881. The van der Waals surface area contributed by atoms with Crippen LogP contribution in [0.4, 0.5) is 4.39 Å². The van der Waals surface area contributed by atoms with Gasteiger partial charge in [-0.2, -0.15) is 5.10 Å². The van der Waals surface area contributed by atoms with E-state index in [1.165, 1.54) is 18.2 Å². The minimum absolute atomic E-state index is 0.201. The maximum Gasteiger partial charge on any atom is 0.251 e. The van der Waals surface area contributed by atoms with E-state index in [0.29, 0.717) is 24.2 Å². The van der Waals surface area contributed by atoms with Crippen molar-refractivity contribution in [1.82, 2.24) is 20.0 Å². The van der Waals surface area contributed by atoms with E-state index in [1.807, 2.05) is 15.6 Å². The summed E-state index contributed by atoms with van der Waals surface area (Å²) in [5, 5.41) is 7.44. The first-order valence-electron chi connectivity index (χ1n) is 9.90. The molecule has 0 radical (unpaired) electrons. The van der Waals surface area contributed by atoms with Gasteiger partial charge in [-0.25, -0.2) is 4.39 Å². The number of nitrogens with one attached hydrogen (secondary N) is 1. The van der Waals surface area contributed by atoms with Crippen molar-refractivity contribution in [1.29, 1.82) is 0 Å². The first kappa shape index (κ1) is 18.7. The standard InChI is InChI=1S/C21H25FN4O2/c1-14-10-16(22)6-7-19(14)20(27)23-12-17-11-18-13-25(8-3-9-26(18)24-17)21(28)15-4-2-5-15/h6-7,10-11,15H,2-5,8-9,12-13H2,1H3,(H,23,27). The molecule has 7 heteroatoms. The van der Waals surface area contributed by atoms with E-state index in [4.69, 9.17) is 0 Å². The van der Waals surface area contributed by atoms with Gasteiger partial charge in [0.15, 0.2) is 0 Å². The van der Waals surface area contributed by atoms with Gasteiger partial charge in [0.2, 0.25) is 5.91 Å². The van der Waals surface area contributed by atoms with Gasteiger partial charge in [0, 0.05) is 24.6 Å². The Morgan fingerprint density at radius 2 is 2.04 bits per heavy atom. The number of amides is 2. The SMILES string of the molecule is Cc1cc(F)ccc1C(=O)NCc1cc2n(n1)CCCN(C(=O)C1CCC1)C2. The number of rotatable bonds is 4. The van der Waals surface area contributed by atoms with E-state index in [9.17, 15) is 14.0 Å². The molecule has 2 aliphatic rings. The van der Waals surface area contributed by atoms with Gasteiger partial charge in [-0.1, -0.05) is 6.42 Å². The minimum atomic E-state index is -0.354. The Bertz CT molecular complexity index is 904. The number of carbonyl (C=O) groups is 2. The topological polar surface area (TPSA) is 67.2 Å². The Balaban J connectivity index is 1.40. The molecule has 1 aliphatic carbocycles. The molecule has 0 atom stereocenters. The Morgan fingerprint density at radius 1 is 1.21 bits per heavy atom. The van der Waals surface area contributed by atoms with Gasteiger partial charge >= 0.3 is 0 Å². The third-order valence-electron chi connectivity index (χ3n) is 5.69. The van der Waals surface area contributed by atoms with E-state index in [1.54, 1.807) is 6.92 Å². The van der Waals surface area contributed by atoms with Crippen molar-refractivity contribution in [2.75, 3.05) is 6.54 Å². The maximum absolute atomic E-state index is 13.2. The molecule has 148 valence electrons. The zero-order valence-electron chi connectivity index (χ0n) is 16.1. The van der Waals surface area contributed by atoms with Crippen LogP contribution in [0.15, 0.2) is 24.3 Å². The summed E-state index contributed by atoms with van der Waals surface area (Å²) in [6.45, 7) is 4.13. The third-order valence-corrected chi connectivity index (χ3v) is 5.69. The van der Waals surface area contributed by atoms with E-state index < -0.39 is 0 Å². The molecule has 0 unspecified atom stereocenters. The normalized spacial score (nSPS) is 16.9. The summed E-state index contributed by atoms with van der Waals surface area (Å²) in [7, 11) is 0. The van der Waals surface area contributed by atoms with Crippen LogP contribution in [0.2, 0.25) is 0 Å². The lowest BCUT2D eigenvalue weighted by molar-refractivity contribution is -0.138. The van der Waals surface area contributed by atoms with Crippen LogP contribution in [0.3, 0.4) is 0 Å². The summed E-state index contributed by atoms with van der Waals surface area (Å²) < 4.78 is 15.2. The number of hydrogen-bond acceptors (Lipinski definition) is 3. The molecule has 1 aromatic heterocycles. The summed E-state index contributed by atoms with van der Waals surface area (Å²) in [4.78, 5) is 26.9. The van der Waals surface area contributed by atoms with Crippen LogP contribution < -0.4 is 5.32 Å². The summed E-state index contributed by atoms with van der Waals surface area (Å²) in [5.74, 6) is -0.134. The van der Waals surface area contributed by atoms with E-state index in [0.717, 1.165) is 50.2 Å². The van der Waals surface area contributed by atoms with Gasteiger partial charge in [0.05, 0.1) is 24.5 Å². The molecule has 6 nitrogen and oxygen atoms in total. The number of halogens is 1. The van der Waals surface area contributed by atoms with Crippen molar-refractivity contribution < 1.29 is 14.0 Å². The molecule has 28 heavy (non-hydrogen) atoms. The lowest BCUT2D eigenvalue weighted by atomic mass is 9.84. The lowest BCUT2D eigenvalue weighted by Gasteiger charge is -2.30. The van der Waals surface area contributed by atoms with Crippen LogP contribution in [0.5, 0.6) is 0 Å². The molecule has 0 bridgehead atoms. The van der Waals surface area contributed by atoms with Crippen LogP contribution in [0, 0.1) is 18.7 Å². The zero-order chi connectivity index (χ0) is 19.7. The van der Waals surface area contributed by atoms with Gasteiger partial charge < -0.3 is 10.2 Å². The molecule has 1 aromatic carbocycles. The van der Waals surface area contributed by atoms with Crippen LogP contribution in [0.25, 0.3) is 0 Å². The highest BCUT2D eigenvalue weighted by atomic mass is 19.1. The molecule has 2 heterocycles. The Labute approximate surface area is 163 Å². The van der Waals surface area contributed by atoms with E-state index >= 15 is 0 Å². The minimum Gasteiger partial charge on any atom is -0.346 e. The molecule has 1 N–H and O–H groups in total. The molecule has 1 aliphatic heterocycles. The highest BCUT2D eigenvalue weighted by molar-refractivity contribution is 5.95. The van der Waals surface area contributed by atoms with Gasteiger partial charge in [-0.05, 0) is 56.0 Å². The Kier molecular flexibility index (Phi) is 5.15. The molecule has 1 saturated carbocycles. The molecular formula is C21H25FN4O2. The van der Waals surface area contributed by atoms with Crippen molar-refractivity contribution in [2.24, 2.45) is 5.92 Å². The number of hydrogen-bond donors (Lipinski definition) is 1. The van der Waals surface area contributed by atoms with Crippen LogP contribution in [-0.4, -0.2) is 33.0 Å². The smallest absolute Gasteiger partial charge is 0.251 e. The molecule has 2 amide bonds. The number of carbonyl (C=O) groups excluding carboxylic acids is 2. The predicted molar refractivity (Wildman–Crippen MR) is 102 cm³/mol. The summed E-state index contributed by atoms with van der Waals surface area (Å²) >= 11 is 0. The first-order valence-corrected chi connectivity index (χ1v) is 9.90. The summed E-state index contributed by atoms with van der Waals surface area (Å²) in [5.41, 5.74) is 2.83. The van der Waals surface area contributed by atoms with Gasteiger partial charge in [-0.3, -0.25) is 14.3 Å². The number of nitrogens with zero attached hydrogens (tertiary/aromatic N) is 3. The summed E-state index contributed by atoms with van der Waals surface area (Å²) in [6.07, 6.45) is 4.05. The fourth-order valence-electron chi connectivity index (χ4n) is 3.86. The second-order valence-corrected chi connectivity index (χ2v) is 7.73. The fourth-order valence-corrected chi connectivity index (χ4v) is 3.86. The number of benzene rings is 1. The number of aryl methyl sites for hydroxylation is 2. The zero-order valence-corrected chi connectivity index (χ0v) is 16.1. The van der Waals surface area contributed by atoms with Gasteiger partial charge in [-0.15, -0.1) is 0 Å². The molecule has 1 fully saturated rings. The molecule has 2 aromatic rings. The third kappa shape index (κ3) is 3.79. The van der Waals surface area contributed by atoms with Crippen LogP contribution in [-0.2, 0) is 24.4 Å². The van der Waals surface area contributed by atoms with E-state index in [2.05, 4.69) is 10.4 Å². The highest BCUT2D eigenvalue weighted by Crippen LogP contribution is 2.29. The monoisotopic (exact) mass is 384 g/mol. The fraction of sp³-hybridized carbons (Fsp3) is 0.476. The van der Waals surface area contributed by atoms with Crippen molar-refractivity contribution in [3.8, 4) is 0 Å². The van der Waals surface area contributed by atoms with Crippen LogP contribution in [0.1, 0.15) is 53.0 Å². The molecule has 4 rings (SSSR count). The Morgan fingerprint density at radius 3 is 2.75 bits per heavy atom. The molecule has 0 spiro atoms. The molecule has 0 saturated heterocycles. The predicted octanol–water partition coefficient (Wildman–Crippen LogP) is 2.79. The van der Waals surface area contributed by atoms with Gasteiger partial charge in [0.1, 0.15) is 5.82 Å². The average molecular weight is 384 g/mol. The van der Waals surface area contributed by atoms with E-state index in [-0.39, 0.29) is 23.5 Å². The largest absolute Gasteiger partial charge is 0.346 e. The number of fused-ring (bicyclic) bond motifs is 1. The molecular weight excluding hydrogens is 359 g/mol. The number of aromatic nitrogens is 2. The highest BCUT2D eigenvalue weighted by Gasteiger charge is 2.30. The first-order chi connectivity index (χ1) is 13.5. The lowest BCUT2D eigenvalue weighted by Crippen LogP contribution is -2.38. The van der Waals surface area contributed by atoms with Crippen molar-refractivity contribution in [2.45, 2.75) is 52.2 Å². The van der Waals surface area contributed by atoms with Crippen molar-refractivity contribution in [3.05, 3.63) is 52.6 Å². The maximum atomic E-state index is 13.2. The van der Waals surface area contributed by atoms with Crippen molar-refractivity contribution >= 4 is 11.8 Å². The average Bonchev–Trinajstić information content (AvgIpc) is 2.88. The summed E-state index contributed by atoms with van der Waals surface area (Å²) in [6, 6.07) is 6.09. The second-order valence-electron chi connectivity index (χ2n) is 7.73.